The Kier molecular flexibility index (Phi) is 5.89. The Morgan fingerprint density at radius 1 is 1.12 bits per heavy atom. The molecule has 0 aromatic heterocycles. The van der Waals surface area contributed by atoms with Gasteiger partial charge in [-0.3, -0.25) is 0 Å². The van der Waals surface area contributed by atoms with Gasteiger partial charge in [0, 0.05) is 17.1 Å². The zero-order valence-corrected chi connectivity index (χ0v) is 16.6. The number of piperidine rings is 1. The summed E-state index contributed by atoms with van der Waals surface area (Å²) in [6, 6.07) is 2.77. The first kappa shape index (κ1) is 18.9. The molecule has 3 rings (SSSR count). The Bertz CT molecular complexity index is 720. The van der Waals surface area contributed by atoms with Gasteiger partial charge in [-0.05, 0) is 34.8 Å². The van der Waals surface area contributed by atoms with Crippen molar-refractivity contribution < 1.29 is 27.4 Å². The number of hydrogen-bond acceptors (Lipinski definition) is 6. The van der Waals surface area contributed by atoms with E-state index in [4.69, 9.17) is 18.9 Å². The van der Waals surface area contributed by atoms with Crippen LogP contribution in [0.3, 0.4) is 0 Å². The Hall–Kier alpha value is -0.870. The highest BCUT2D eigenvalue weighted by molar-refractivity contribution is 9.10. The maximum Gasteiger partial charge on any atom is 0.244 e. The lowest BCUT2D eigenvalue weighted by Gasteiger charge is -2.37. The molecule has 2 aliphatic rings. The Balaban J connectivity index is 1.99. The molecule has 0 unspecified atom stereocenters. The van der Waals surface area contributed by atoms with Crippen LogP contribution in [0.15, 0.2) is 21.5 Å². The Morgan fingerprint density at radius 2 is 1.76 bits per heavy atom. The van der Waals surface area contributed by atoms with Crippen LogP contribution in [0.4, 0.5) is 0 Å². The quantitative estimate of drug-likeness (QED) is 0.706. The molecule has 1 aromatic carbocycles. The highest BCUT2D eigenvalue weighted by Crippen LogP contribution is 2.38. The van der Waals surface area contributed by atoms with E-state index >= 15 is 0 Å². The zero-order valence-electron chi connectivity index (χ0n) is 14.2. The minimum atomic E-state index is -3.75. The molecule has 2 saturated heterocycles. The fraction of sp³-hybridized carbons (Fsp3) is 0.625. The first-order valence-electron chi connectivity index (χ1n) is 8.15. The van der Waals surface area contributed by atoms with E-state index in [1.807, 2.05) is 0 Å². The van der Waals surface area contributed by atoms with Crippen LogP contribution in [-0.4, -0.2) is 59.0 Å². The molecule has 0 bridgehead atoms. The van der Waals surface area contributed by atoms with E-state index in [0.29, 0.717) is 35.7 Å². The monoisotopic (exact) mass is 435 g/mol. The summed E-state index contributed by atoms with van der Waals surface area (Å²) in [6.45, 7) is 1.43. The second kappa shape index (κ2) is 7.79. The third-order valence-electron chi connectivity index (χ3n) is 4.48. The zero-order chi connectivity index (χ0) is 18.0. The summed E-state index contributed by atoms with van der Waals surface area (Å²) in [5.74, 6) is 0.831. The lowest BCUT2D eigenvalue weighted by Crippen LogP contribution is -2.50. The van der Waals surface area contributed by atoms with Gasteiger partial charge in [-0.1, -0.05) is 6.42 Å². The summed E-state index contributed by atoms with van der Waals surface area (Å²) in [5, 5.41) is 0. The average molecular weight is 436 g/mol. The molecule has 25 heavy (non-hydrogen) atoms. The third kappa shape index (κ3) is 3.66. The fourth-order valence-electron chi connectivity index (χ4n) is 3.26. The minimum Gasteiger partial charge on any atom is -0.493 e. The molecule has 2 heterocycles. The number of benzene rings is 1. The molecule has 1 aromatic rings. The van der Waals surface area contributed by atoms with E-state index in [9.17, 15) is 8.42 Å². The molecule has 1 atom stereocenters. The van der Waals surface area contributed by atoms with Gasteiger partial charge in [0.1, 0.15) is 4.90 Å². The minimum absolute atomic E-state index is 0.148. The maximum absolute atomic E-state index is 13.3. The Morgan fingerprint density at radius 3 is 2.40 bits per heavy atom. The average Bonchev–Trinajstić information content (AvgIpc) is 3.15. The molecule has 0 N–H and O–H groups in total. The van der Waals surface area contributed by atoms with Gasteiger partial charge in [0.05, 0.1) is 33.5 Å². The van der Waals surface area contributed by atoms with Crippen molar-refractivity contribution in [3.8, 4) is 11.5 Å². The number of nitrogens with zero attached hydrogens (tertiary/aromatic N) is 1. The summed E-state index contributed by atoms with van der Waals surface area (Å²) < 4.78 is 50.2. The number of hydrogen-bond donors (Lipinski definition) is 0. The first-order chi connectivity index (χ1) is 12.0. The summed E-state index contributed by atoms with van der Waals surface area (Å²) in [4.78, 5) is 0.148. The van der Waals surface area contributed by atoms with E-state index in [2.05, 4.69) is 15.9 Å². The van der Waals surface area contributed by atoms with Crippen LogP contribution in [0, 0.1) is 0 Å². The van der Waals surface area contributed by atoms with E-state index in [0.717, 1.165) is 19.3 Å². The van der Waals surface area contributed by atoms with Crippen LogP contribution < -0.4 is 9.47 Å². The van der Waals surface area contributed by atoms with Crippen molar-refractivity contribution in [2.75, 3.05) is 34.0 Å². The molecule has 0 radical (unpaired) electrons. The molecule has 9 heteroatoms. The molecular weight excluding hydrogens is 414 g/mol. The number of rotatable bonds is 5. The summed E-state index contributed by atoms with van der Waals surface area (Å²) >= 11 is 3.35. The van der Waals surface area contributed by atoms with Crippen molar-refractivity contribution in [2.45, 2.75) is 36.5 Å². The maximum atomic E-state index is 13.3. The van der Waals surface area contributed by atoms with Gasteiger partial charge < -0.3 is 18.9 Å². The van der Waals surface area contributed by atoms with Crippen molar-refractivity contribution in [1.82, 2.24) is 4.31 Å². The smallest absolute Gasteiger partial charge is 0.244 e. The van der Waals surface area contributed by atoms with E-state index in [1.54, 1.807) is 6.07 Å². The third-order valence-corrected chi connectivity index (χ3v) is 7.37. The van der Waals surface area contributed by atoms with E-state index < -0.39 is 16.3 Å². The summed E-state index contributed by atoms with van der Waals surface area (Å²) in [7, 11) is -0.760. The van der Waals surface area contributed by atoms with E-state index in [-0.39, 0.29) is 10.9 Å². The highest BCUT2D eigenvalue weighted by atomic mass is 79.9. The predicted molar refractivity (Wildman–Crippen MR) is 94.5 cm³/mol. The van der Waals surface area contributed by atoms with E-state index in [1.165, 1.54) is 24.6 Å². The molecular formula is C16H22BrNO6S. The number of halogens is 1. The predicted octanol–water partition coefficient (Wildman–Crippen LogP) is 2.38. The molecule has 0 saturated carbocycles. The van der Waals surface area contributed by atoms with Crippen molar-refractivity contribution in [1.29, 1.82) is 0 Å². The lowest BCUT2D eigenvalue weighted by atomic mass is 10.0. The SMILES string of the molecule is COc1cc(Br)c(S(=O)(=O)N2CCCC[C@@H]2C2OCCO2)cc1OC. The van der Waals surface area contributed by atoms with Gasteiger partial charge in [-0.2, -0.15) is 4.31 Å². The van der Waals surface area contributed by atoms with Crippen LogP contribution in [0.25, 0.3) is 0 Å². The second-order valence-corrected chi connectivity index (χ2v) is 8.64. The standard InChI is InChI=1S/C16H22BrNO6S/c1-21-13-9-11(17)15(10-14(13)22-2)25(19,20)18-6-4-3-5-12(18)16-23-7-8-24-16/h9-10,12,16H,3-8H2,1-2H3/t12-/m1/s1. The fourth-order valence-corrected chi connectivity index (χ4v) is 5.94. The largest absolute Gasteiger partial charge is 0.493 e. The topological polar surface area (TPSA) is 74.3 Å². The summed E-state index contributed by atoms with van der Waals surface area (Å²) in [5.41, 5.74) is 0. The van der Waals surface area contributed by atoms with Crippen LogP contribution in [0.2, 0.25) is 0 Å². The molecule has 0 aliphatic carbocycles. The van der Waals surface area contributed by atoms with Gasteiger partial charge in [0.25, 0.3) is 0 Å². The van der Waals surface area contributed by atoms with Crippen LogP contribution in [0.5, 0.6) is 11.5 Å². The highest BCUT2D eigenvalue weighted by Gasteiger charge is 2.41. The van der Waals surface area contributed by atoms with Crippen molar-refractivity contribution in [3.63, 3.8) is 0 Å². The van der Waals surface area contributed by atoms with Crippen LogP contribution >= 0.6 is 15.9 Å². The van der Waals surface area contributed by atoms with Gasteiger partial charge in [0.15, 0.2) is 17.8 Å². The van der Waals surface area contributed by atoms with Gasteiger partial charge >= 0.3 is 0 Å². The Labute approximate surface area is 156 Å². The van der Waals surface area contributed by atoms with Crippen molar-refractivity contribution in [3.05, 3.63) is 16.6 Å². The number of methoxy groups -OCH3 is 2. The molecule has 140 valence electrons. The number of ether oxygens (including phenoxy) is 4. The van der Waals surface area contributed by atoms with Gasteiger partial charge in [-0.15, -0.1) is 0 Å². The molecule has 2 fully saturated rings. The normalized spacial score (nSPS) is 22.9. The lowest BCUT2D eigenvalue weighted by molar-refractivity contribution is -0.0913. The molecule has 0 amide bonds. The summed E-state index contributed by atoms with van der Waals surface area (Å²) in [6.07, 6.45) is 1.98. The van der Waals surface area contributed by atoms with Crippen LogP contribution in [0.1, 0.15) is 19.3 Å². The molecule has 0 spiro atoms. The van der Waals surface area contributed by atoms with Gasteiger partial charge in [-0.25, -0.2) is 8.42 Å². The molecule has 2 aliphatic heterocycles. The number of sulfonamides is 1. The van der Waals surface area contributed by atoms with Gasteiger partial charge in [0.2, 0.25) is 10.0 Å². The second-order valence-electron chi connectivity index (χ2n) is 5.93. The van der Waals surface area contributed by atoms with Crippen molar-refractivity contribution in [2.24, 2.45) is 0 Å². The first-order valence-corrected chi connectivity index (χ1v) is 10.4. The molecule has 7 nitrogen and oxygen atoms in total. The van der Waals surface area contributed by atoms with Crippen LogP contribution in [-0.2, 0) is 19.5 Å². The van der Waals surface area contributed by atoms with Crippen molar-refractivity contribution >= 4 is 26.0 Å².